The van der Waals surface area contributed by atoms with Crippen molar-refractivity contribution < 1.29 is 18.5 Å². The molecule has 1 aromatic rings. The second kappa shape index (κ2) is 6.41. The van der Waals surface area contributed by atoms with Gasteiger partial charge < -0.3 is 14.6 Å². The fraction of sp³-hybridized carbons (Fsp3) is 0.500. The number of nitrogens with zero attached hydrogens (tertiary/aromatic N) is 1. The molecule has 0 atom stereocenters. The number of hydrogen-bond donors (Lipinski definition) is 1. The molecule has 2 rings (SSSR count). The molecule has 2 heterocycles. The third-order valence-corrected chi connectivity index (χ3v) is 4.24. The maximum Gasteiger partial charge on any atom is 0.492 e. The van der Waals surface area contributed by atoms with Gasteiger partial charge in [-0.05, 0) is 39.2 Å². The number of carbonyl (C=O) groups is 1. The number of pyridine rings is 1. The van der Waals surface area contributed by atoms with E-state index >= 15 is 0 Å². The second-order valence-electron chi connectivity index (χ2n) is 6.61. The first-order chi connectivity index (χ1) is 10.6. The summed E-state index contributed by atoms with van der Waals surface area (Å²) in [6.45, 7) is 9.40. The number of carbonyl (C=O) groups excluding carboxylic acids is 1. The van der Waals surface area contributed by atoms with Crippen LogP contribution in [0, 0.1) is 5.82 Å². The lowest BCUT2D eigenvalue weighted by Crippen LogP contribution is -2.41. The predicted octanol–water partition coefficient (Wildman–Crippen LogP) is 2.37. The Morgan fingerprint density at radius 2 is 1.96 bits per heavy atom. The van der Waals surface area contributed by atoms with Crippen LogP contribution < -0.4 is 5.32 Å². The largest absolute Gasteiger partial charge is 0.492 e. The molecule has 1 saturated heterocycles. The average molecular weight is 320 g/mol. The summed E-state index contributed by atoms with van der Waals surface area (Å²) >= 11 is 0. The van der Waals surface area contributed by atoms with Gasteiger partial charge in [-0.15, -0.1) is 0 Å². The van der Waals surface area contributed by atoms with Crippen LogP contribution >= 0.6 is 0 Å². The van der Waals surface area contributed by atoms with Gasteiger partial charge in [0.1, 0.15) is 5.82 Å². The lowest BCUT2D eigenvalue weighted by molar-refractivity contribution is -0.118. The molecule has 124 valence electrons. The smallest absolute Gasteiger partial charge is 0.400 e. The summed E-state index contributed by atoms with van der Waals surface area (Å²) < 4.78 is 25.8. The first-order valence-corrected chi connectivity index (χ1v) is 7.52. The average Bonchev–Trinajstić information content (AvgIpc) is 2.65. The minimum Gasteiger partial charge on any atom is -0.400 e. The minimum atomic E-state index is -0.653. The summed E-state index contributed by atoms with van der Waals surface area (Å²) in [6.07, 6.45) is 4.29. The van der Waals surface area contributed by atoms with Crippen molar-refractivity contribution in [3.63, 3.8) is 0 Å². The quantitative estimate of drug-likeness (QED) is 0.865. The fourth-order valence-electron chi connectivity index (χ4n) is 2.13. The van der Waals surface area contributed by atoms with Crippen LogP contribution in [0.15, 0.2) is 23.9 Å². The molecule has 1 aromatic heterocycles. The van der Waals surface area contributed by atoms with Crippen LogP contribution in [0.3, 0.4) is 0 Å². The molecule has 0 radical (unpaired) electrons. The fourth-order valence-corrected chi connectivity index (χ4v) is 2.13. The molecule has 0 bridgehead atoms. The van der Waals surface area contributed by atoms with Gasteiger partial charge in [0, 0.05) is 25.2 Å². The Morgan fingerprint density at radius 1 is 1.35 bits per heavy atom. The van der Waals surface area contributed by atoms with Gasteiger partial charge in [-0.3, -0.25) is 9.78 Å². The molecule has 0 saturated carbocycles. The molecule has 0 aromatic carbocycles. The Balaban J connectivity index is 2.32. The van der Waals surface area contributed by atoms with Gasteiger partial charge in [0.2, 0.25) is 5.91 Å². The highest BCUT2D eigenvalue weighted by Gasteiger charge is 2.52. The molecule has 1 aliphatic heterocycles. The van der Waals surface area contributed by atoms with Gasteiger partial charge in [0.25, 0.3) is 0 Å². The van der Waals surface area contributed by atoms with E-state index in [9.17, 15) is 9.18 Å². The van der Waals surface area contributed by atoms with Crippen LogP contribution in [0.25, 0.3) is 6.08 Å². The van der Waals surface area contributed by atoms with Crippen LogP contribution in [0.1, 0.15) is 40.2 Å². The highest BCUT2D eigenvalue weighted by molar-refractivity contribution is 6.56. The first-order valence-electron chi connectivity index (χ1n) is 7.52. The molecular formula is C16H22BFN2O3. The number of halogens is 1. The van der Waals surface area contributed by atoms with Crippen molar-refractivity contribution in [2.75, 3.05) is 6.54 Å². The molecule has 1 N–H and O–H groups in total. The highest BCUT2D eigenvalue weighted by atomic mass is 19.1. The Kier molecular flexibility index (Phi) is 4.91. The molecule has 1 fully saturated rings. The van der Waals surface area contributed by atoms with Crippen LogP contribution in [-0.4, -0.2) is 35.8 Å². The Labute approximate surface area is 136 Å². The SMILES string of the molecule is CC(=O)NCC(=Cc1ccncc1F)B1OC(C)(C)C(C)(C)O1. The summed E-state index contributed by atoms with van der Waals surface area (Å²) in [4.78, 5) is 15.0. The van der Waals surface area contributed by atoms with Crippen LogP contribution in [0.5, 0.6) is 0 Å². The monoisotopic (exact) mass is 320 g/mol. The number of nitrogens with one attached hydrogen (secondary N) is 1. The van der Waals surface area contributed by atoms with Crippen LogP contribution in [-0.2, 0) is 14.1 Å². The summed E-state index contributed by atoms with van der Waals surface area (Å²) in [5, 5.41) is 2.71. The molecular weight excluding hydrogens is 298 g/mol. The van der Waals surface area contributed by atoms with Crippen molar-refractivity contribution in [3.8, 4) is 0 Å². The van der Waals surface area contributed by atoms with Crippen molar-refractivity contribution in [1.82, 2.24) is 10.3 Å². The second-order valence-corrected chi connectivity index (χ2v) is 6.61. The Hall–Kier alpha value is -1.73. The molecule has 1 amide bonds. The lowest BCUT2D eigenvalue weighted by atomic mass is 9.77. The Bertz CT molecular complexity index is 616. The van der Waals surface area contributed by atoms with Crippen molar-refractivity contribution >= 4 is 19.1 Å². The van der Waals surface area contributed by atoms with E-state index in [1.165, 1.54) is 13.1 Å². The van der Waals surface area contributed by atoms with Gasteiger partial charge in [-0.25, -0.2) is 4.39 Å². The number of hydrogen-bond acceptors (Lipinski definition) is 4. The van der Waals surface area contributed by atoms with Crippen molar-refractivity contribution in [1.29, 1.82) is 0 Å². The first kappa shape index (κ1) is 17.6. The number of rotatable bonds is 4. The van der Waals surface area contributed by atoms with E-state index in [1.54, 1.807) is 12.1 Å². The predicted molar refractivity (Wildman–Crippen MR) is 86.9 cm³/mol. The van der Waals surface area contributed by atoms with E-state index in [0.717, 1.165) is 6.20 Å². The van der Waals surface area contributed by atoms with Gasteiger partial charge in [0.15, 0.2) is 0 Å². The number of aromatic nitrogens is 1. The minimum absolute atomic E-state index is 0.178. The molecule has 0 spiro atoms. The molecule has 0 aliphatic carbocycles. The van der Waals surface area contributed by atoms with E-state index in [2.05, 4.69) is 10.3 Å². The highest BCUT2D eigenvalue weighted by Crippen LogP contribution is 2.38. The van der Waals surface area contributed by atoms with Gasteiger partial charge in [-0.1, -0.05) is 6.08 Å². The van der Waals surface area contributed by atoms with E-state index in [1.807, 2.05) is 27.7 Å². The zero-order chi connectivity index (χ0) is 17.3. The topological polar surface area (TPSA) is 60.5 Å². The third-order valence-electron chi connectivity index (χ3n) is 4.24. The van der Waals surface area contributed by atoms with Crippen LogP contribution in [0.2, 0.25) is 0 Å². The third kappa shape index (κ3) is 3.97. The number of amides is 1. The standard InChI is InChI=1S/C16H22BFN2O3/c1-11(21)20-9-13(8-12-6-7-19-10-14(12)18)17-22-15(2,3)16(4,5)23-17/h6-8,10H,9H2,1-5H3,(H,20,21). The van der Waals surface area contributed by atoms with Crippen molar-refractivity contribution in [3.05, 3.63) is 35.3 Å². The molecule has 23 heavy (non-hydrogen) atoms. The summed E-state index contributed by atoms with van der Waals surface area (Å²) in [6, 6.07) is 1.56. The zero-order valence-electron chi connectivity index (χ0n) is 14.1. The maximum absolute atomic E-state index is 13.9. The van der Waals surface area contributed by atoms with Crippen LogP contribution in [0.4, 0.5) is 4.39 Å². The summed E-state index contributed by atoms with van der Waals surface area (Å²) in [7, 11) is -0.653. The summed E-state index contributed by atoms with van der Waals surface area (Å²) in [5.74, 6) is -0.619. The molecule has 5 nitrogen and oxygen atoms in total. The van der Waals surface area contributed by atoms with E-state index in [0.29, 0.717) is 11.0 Å². The van der Waals surface area contributed by atoms with Gasteiger partial charge >= 0.3 is 7.12 Å². The van der Waals surface area contributed by atoms with Gasteiger partial charge in [-0.2, -0.15) is 0 Å². The Morgan fingerprint density at radius 3 is 2.48 bits per heavy atom. The normalized spacial score (nSPS) is 19.7. The maximum atomic E-state index is 13.9. The van der Waals surface area contributed by atoms with E-state index in [4.69, 9.17) is 9.31 Å². The molecule has 7 heteroatoms. The van der Waals surface area contributed by atoms with Crippen molar-refractivity contribution in [2.45, 2.75) is 45.8 Å². The van der Waals surface area contributed by atoms with E-state index < -0.39 is 24.1 Å². The molecule has 1 aliphatic rings. The summed E-state index contributed by atoms with van der Waals surface area (Å²) in [5.41, 5.74) is -0.00732. The lowest BCUT2D eigenvalue weighted by Gasteiger charge is -2.32. The zero-order valence-corrected chi connectivity index (χ0v) is 14.1. The molecule has 0 unspecified atom stereocenters. The van der Waals surface area contributed by atoms with Gasteiger partial charge in [0.05, 0.1) is 17.4 Å². The van der Waals surface area contributed by atoms with Crippen molar-refractivity contribution in [2.24, 2.45) is 0 Å². The van der Waals surface area contributed by atoms with E-state index in [-0.39, 0.29) is 12.5 Å².